The summed E-state index contributed by atoms with van der Waals surface area (Å²) in [5.41, 5.74) is 1.69. The summed E-state index contributed by atoms with van der Waals surface area (Å²) in [6.07, 6.45) is 8.65. The van der Waals surface area contributed by atoms with E-state index in [1.165, 1.54) is 37.3 Å². The van der Waals surface area contributed by atoms with Gasteiger partial charge in [0, 0.05) is 18.2 Å². The molecule has 1 aliphatic heterocycles. The number of methoxy groups -OCH3 is 1. The van der Waals surface area contributed by atoms with Gasteiger partial charge >= 0.3 is 5.97 Å². The highest BCUT2D eigenvalue weighted by molar-refractivity contribution is 5.87. The molecule has 0 radical (unpaired) electrons. The molecule has 0 unspecified atom stereocenters. The van der Waals surface area contributed by atoms with Crippen molar-refractivity contribution in [2.24, 2.45) is 0 Å². The van der Waals surface area contributed by atoms with Gasteiger partial charge in [-0.3, -0.25) is 9.80 Å². The molecule has 1 saturated carbocycles. The standard InChI is InChI=1S/C23H34N2O3/c1-23(2,3)28-21(26)14-12-16-11-13-17(27-6)15-18(16)22-24(4)19-9-7-8-10-20(19)25(22)5/h11-15,19-20,22H,7-10H2,1-6H3/b14-12+/t19-,20-/m1/s1. The van der Waals surface area contributed by atoms with Crippen molar-refractivity contribution in [2.75, 3.05) is 21.2 Å². The molecule has 5 heteroatoms. The van der Waals surface area contributed by atoms with E-state index in [9.17, 15) is 4.79 Å². The number of hydrogen-bond donors (Lipinski definition) is 0. The fourth-order valence-electron chi connectivity index (χ4n) is 4.68. The van der Waals surface area contributed by atoms with Gasteiger partial charge in [-0.05, 0) is 77.0 Å². The highest BCUT2D eigenvalue weighted by Crippen LogP contribution is 2.43. The van der Waals surface area contributed by atoms with Crippen LogP contribution in [0.4, 0.5) is 0 Å². The predicted octanol–water partition coefficient (Wildman–Crippen LogP) is 4.24. The molecule has 28 heavy (non-hydrogen) atoms. The van der Waals surface area contributed by atoms with Gasteiger partial charge in [-0.15, -0.1) is 0 Å². The summed E-state index contributed by atoms with van der Waals surface area (Å²) < 4.78 is 10.9. The molecule has 1 aromatic carbocycles. The molecule has 2 aliphatic rings. The molecule has 2 fully saturated rings. The average molecular weight is 387 g/mol. The molecule has 0 amide bonds. The van der Waals surface area contributed by atoms with Gasteiger partial charge < -0.3 is 9.47 Å². The monoisotopic (exact) mass is 386 g/mol. The summed E-state index contributed by atoms with van der Waals surface area (Å²) in [5, 5.41) is 0. The lowest BCUT2D eigenvalue weighted by molar-refractivity contribution is -0.148. The summed E-state index contributed by atoms with van der Waals surface area (Å²) >= 11 is 0. The first-order valence-corrected chi connectivity index (χ1v) is 10.2. The third-order valence-corrected chi connectivity index (χ3v) is 5.89. The van der Waals surface area contributed by atoms with Crippen LogP contribution in [0.25, 0.3) is 6.08 Å². The topological polar surface area (TPSA) is 42.0 Å². The molecule has 1 aromatic rings. The van der Waals surface area contributed by atoms with Crippen LogP contribution in [-0.4, -0.2) is 54.7 Å². The Kier molecular flexibility index (Phi) is 6.15. The maximum absolute atomic E-state index is 12.2. The summed E-state index contributed by atoms with van der Waals surface area (Å²) in [4.78, 5) is 17.1. The van der Waals surface area contributed by atoms with E-state index in [1.807, 2.05) is 39.0 Å². The Hall–Kier alpha value is -1.85. The number of rotatable bonds is 4. The van der Waals surface area contributed by atoms with Crippen molar-refractivity contribution in [1.82, 2.24) is 9.80 Å². The zero-order valence-electron chi connectivity index (χ0n) is 18.1. The highest BCUT2D eigenvalue weighted by Gasteiger charge is 2.45. The van der Waals surface area contributed by atoms with Crippen molar-refractivity contribution >= 4 is 12.0 Å². The maximum Gasteiger partial charge on any atom is 0.331 e. The molecule has 0 N–H and O–H groups in total. The molecule has 1 saturated heterocycles. The Labute approximate surface area is 169 Å². The summed E-state index contributed by atoms with van der Waals surface area (Å²) in [7, 11) is 6.13. The molecular formula is C23H34N2O3. The van der Waals surface area contributed by atoms with Gasteiger partial charge in [0.2, 0.25) is 0 Å². The van der Waals surface area contributed by atoms with Crippen LogP contribution in [0.5, 0.6) is 5.75 Å². The van der Waals surface area contributed by atoms with Crippen molar-refractivity contribution < 1.29 is 14.3 Å². The van der Waals surface area contributed by atoms with Gasteiger partial charge in [0.25, 0.3) is 0 Å². The number of carbonyl (C=O) groups excluding carboxylic acids is 1. The van der Waals surface area contributed by atoms with Crippen molar-refractivity contribution in [3.8, 4) is 5.75 Å². The number of fused-ring (bicyclic) bond motifs is 1. The molecule has 154 valence electrons. The van der Waals surface area contributed by atoms with E-state index in [2.05, 4.69) is 30.0 Å². The predicted molar refractivity (Wildman–Crippen MR) is 112 cm³/mol. The van der Waals surface area contributed by atoms with E-state index in [0.717, 1.165) is 11.3 Å². The summed E-state index contributed by atoms with van der Waals surface area (Å²) in [6.45, 7) is 5.63. The Morgan fingerprint density at radius 3 is 2.25 bits per heavy atom. The van der Waals surface area contributed by atoms with Gasteiger partial charge in [-0.2, -0.15) is 0 Å². The van der Waals surface area contributed by atoms with Crippen LogP contribution in [0.3, 0.4) is 0 Å². The Bertz CT molecular complexity index is 720. The summed E-state index contributed by atoms with van der Waals surface area (Å²) in [6, 6.07) is 7.23. The Morgan fingerprint density at radius 2 is 1.71 bits per heavy atom. The number of ether oxygens (including phenoxy) is 2. The number of benzene rings is 1. The third kappa shape index (κ3) is 4.41. The lowest BCUT2D eigenvalue weighted by atomic mass is 9.91. The molecule has 2 atom stereocenters. The van der Waals surface area contributed by atoms with Gasteiger partial charge in [0.1, 0.15) is 11.4 Å². The van der Waals surface area contributed by atoms with E-state index in [1.54, 1.807) is 7.11 Å². The van der Waals surface area contributed by atoms with Gasteiger partial charge in [0.05, 0.1) is 13.3 Å². The van der Waals surface area contributed by atoms with Crippen molar-refractivity contribution in [2.45, 2.75) is 70.3 Å². The second-order valence-electron chi connectivity index (χ2n) is 8.99. The second-order valence-corrected chi connectivity index (χ2v) is 8.99. The first-order chi connectivity index (χ1) is 13.2. The zero-order valence-corrected chi connectivity index (χ0v) is 18.1. The average Bonchev–Trinajstić information content (AvgIpc) is 2.89. The third-order valence-electron chi connectivity index (χ3n) is 5.89. The molecule has 3 rings (SSSR count). The number of esters is 1. The molecule has 1 heterocycles. The van der Waals surface area contributed by atoms with Crippen molar-refractivity contribution in [1.29, 1.82) is 0 Å². The van der Waals surface area contributed by atoms with Crippen molar-refractivity contribution in [3.63, 3.8) is 0 Å². The minimum atomic E-state index is -0.494. The SMILES string of the molecule is COc1ccc(/C=C/C(=O)OC(C)(C)C)c(C2N(C)[C@@H]3CCCC[C@H]3N2C)c1. The lowest BCUT2D eigenvalue weighted by Gasteiger charge is -2.29. The summed E-state index contributed by atoms with van der Waals surface area (Å²) in [5.74, 6) is 0.511. The molecule has 0 aromatic heterocycles. The minimum Gasteiger partial charge on any atom is -0.497 e. The molecule has 1 aliphatic carbocycles. The second kappa shape index (κ2) is 8.26. The van der Waals surface area contributed by atoms with Gasteiger partial charge in [-0.25, -0.2) is 4.79 Å². The first-order valence-electron chi connectivity index (χ1n) is 10.2. The van der Waals surface area contributed by atoms with Crippen LogP contribution in [0.1, 0.15) is 63.7 Å². The fraction of sp³-hybridized carbons (Fsp3) is 0.609. The molecular weight excluding hydrogens is 352 g/mol. The quantitative estimate of drug-likeness (QED) is 0.572. The number of carbonyl (C=O) groups is 1. The number of nitrogens with zero attached hydrogens (tertiary/aromatic N) is 2. The van der Waals surface area contributed by atoms with Crippen LogP contribution in [0.2, 0.25) is 0 Å². The van der Waals surface area contributed by atoms with Crippen LogP contribution in [-0.2, 0) is 9.53 Å². The minimum absolute atomic E-state index is 0.168. The molecule has 0 spiro atoms. The van der Waals surface area contributed by atoms with Crippen molar-refractivity contribution in [3.05, 3.63) is 35.4 Å². The van der Waals surface area contributed by atoms with E-state index in [4.69, 9.17) is 9.47 Å². The fourth-order valence-corrected chi connectivity index (χ4v) is 4.68. The Balaban J connectivity index is 1.92. The smallest absolute Gasteiger partial charge is 0.331 e. The Morgan fingerprint density at radius 1 is 1.11 bits per heavy atom. The van der Waals surface area contributed by atoms with Gasteiger partial charge in [0.15, 0.2) is 0 Å². The van der Waals surface area contributed by atoms with E-state index >= 15 is 0 Å². The van der Waals surface area contributed by atoms with Crippen LogP contribution < -0.4 is 4.74 Å². The normalized spacial score (nSPS) is 24.5. The molecule has 0 bridgehead atoms. The first kappa shape index (κ1) is 20.9. The number of likely N-dealkylation sites (N-methyl/N-ethyl adjacent to an activating group) is 2. The van der Waals surface area contributed by atoms with E-state index in [0.29, 0.717) is 12.1 Å². The van der Waals surface area contributed by atoms with Crippen LogP contribution in [0, 0.1) is 0 Å². The zero-order chi connectivity index (χ0) is 20.5. The van der Waals surface area contributed by atoms with Gasteiger partial charge in [-0.1, -0.05) is 18.9 Å². The van der Waals surface area contributed by atoms with Crippen LogP contribution in [0.15, 0.2) is 24.3 Å². The largest absolute Gasteiger partial charge is 0.497 e. The van der Waals surface area contributed by atoms with E-state index in [-0.39, 0.29) is 12.1 Å². The maximum atomic E-state index is 12.2. The lowest BCUT2D eigenvalue weighted by Crippen LogP contribution is -2.37. The van der Waals surface area contributed by atoms with Crippen LogP contribution >= 0.6 is 0 Å². The highest BCUT2D eigenvalue weighted by atomic mass is 16.6. The number of hydrogen-bond acceptors (Lipinski definition) is 5. The molecule has 5 nitrogen and oxygen atoms in total. The van der Waals surface area contributed by atoms with E-state index < -0.39 is 5.60 Å².